The maximum absolute atomic E-state index is 13.0. The van der Waals surface area contributed by atoms with Gasteiger partial charge in [-0.1, -0.05) is 29.8 Å². The lowest BCUT2D eigenvalue weighted by Gasteiger charge is -2.24. The molecule has 4 nitrogen and oxygen atoms in total. The third kappa shape index (κ3) is 3.12. The third-order valence-corrected chi connectivity index (χ3v) is 6.22. The van der Waals surface area contributed by atoms with Crippen LogP contribution < -0.4 is 4.74 Å². The van der Waals surface area contributed by atoms with Crippen molar-refractivity contribution in [3.05, 3.63) is 59.7 Å². The summed E-state index contributed by atoms with van der Waals surface area (Å²) in [4.78, 5) is 0.317. The number of hydrogen-bond donors (Lipinski definition) is 0. The van der Waals surface area contributed by atoms with Crippen molar-refractivity contribution in [2.75, 3.05) is 13.7 Å². The van der Waals surface area contributed by atoms with Crippen LogP contribution in [0.3, 0.4) is 0 Å². The number of aryl methyl sites for hydroxylation is 1. The minimum absolute atomic E-state index is 0.0815. The number of sulfonamides is 1. The van der Waals surface area contributed by atoms with Gasteiger partial charge in [-0.05, 0) is 49.6 Å². The van der Waals surface area contributed by atoms with Crippen LogP contribution >= 0.6 is 0 Å². The molecule has 0 spiro atoms. The molecule has 0 N–H and O–H groups in total. The van der Waals surface area contributed by atoms with Crippen molar-refractivity contribution in [2.45, 2.75) is 30.7 Å². The molecule has 1 unspecified atom stereocenters. The Labute approximate surface area is 137 Å². The van der Waals surface area contributed by atoms with Crippen molar-refractivity contribution in [3.8, 4) is 5.75 Å². The topological polar surface area (TPSA) is 46.6 Å². The number of ether oxygens (including phenoxy) is 1. The lowest BCUT2D eigenvalue weighted by atomic mass is 10.0. The molecule has 0 radical (unpaired) electrons. The van der Waals surface area contributed by atoms with E-state index < -0.39 is 10.0 Å². The summed E-state index contributed by atoms with van der Waals surface area (Å²) in [5, 5.41) is 0. The van der Waals surface area contributed by atoms with Crippen LogP contribution in [0, 0.1) is 6.92 Å². The highest BCUT2D eigenvalue weighted by molar-refractivity contribution is 7.89. The van der Waals surface area contributed by atoms with Crippen LogP contribution in [0.1, 0.15) is 30.0 Å². The molecule has 0 bridgehead atoms. The predicted octanol–water partition coefficient (Wildman–Crippen LogP) is 3.53. The van der Waals surface area contributed by atoms with Crippen molar-refractivity contribution in [1.29, 1.82) is 0 Å². The van der Waals surface area contributed by atoms with Gasteiger partial charge in [-0.15, -0.1) is 0 Å². The van der Waals surface area contributed by atoms with Gasteiger partial charge in [-0.25, -0.2) is 8.42 Å². The Hall–Kier alpha value is -1.85. The second kappa shape index (κ2) is 6.34. The fraction of sp³-hybridized carbons (Fsp3) is 0.333. The molecular formula is C18H21NO3S. The van der Waals surface area contributed by atoms with Gasteiger partial charge in [0.1, 0.15) is 5.75 Å². The third-order valence-electron chi connectivity index (χ3n) is 4.30. The number of hydrogen-bond acceptors (Lipinski definition) is 3. The van der Waals surface area contributed by atoms with Crippen LogP contribution in [0.4, 0.5) is 0 Å². The lowest BCUT2D eigenvalue weighted by molar-refractivity contribution is 0.396. The van der Waals surface area contributed by atoms with E-state index in [1.54, 1.807) is 35.7 Å². The van der Waals surface area contributed by atoms with Gasteiger partial charge in [0, 0.05) is 6.54 Å². The minimum Gasteiger partial charge on any atom is -0.497 e. The van der Waals surface area contributed by atoms with Crippen molar-refractivity contribution in [3.63, 3.8) is 0 Å². The highest BCUT2D eigenvalue weighted by Crippen LogP contribution is 2.36. The molecule has 23 heavy (non-hydrogen) atoms. The van der Waals surface area contributed by atoms with E-state index in [1.807, 2.05) is 25.1 Å². The SMILES string of the molecule is COc1ccc(S(=O)(=O)N2CCCC2c2cccc(C)c2)cc1. The van der Waals surface area contributed by atoms with Crippen LogP contribution in [0.25, 0.3) is 0 Å². The molecule has 1 heterocycles. The summed E-state index contributed by atoms with van der Waals surface area (Å²) in [6.45, 7) is 2.59. The Morgan fingerprint density at radius 2 is 1.87 bits per heavy atom. The van der Waals surface area contributed by atoms with Crippen molar-refractivity contribution in [1.82, 2.24) is 4.31 Å². The van der Waals surface area contributed by atoms with Gasteiger partial charge in [0.2, 0.25) is 10.0 Å². The Kier molecular flexibility index (Phi) is 4.41. The fourth-order valence-corrected chi connectivity index (χ4v) is 4.80. The highest BCUT2D eigenvalue weighted by atomic mass is 32.2. The van der Waals surface area contributed by atoms with E-state index in [1.165, 1.54) is 0 Å². The summed E-state index contributed by atoms with van der Waals surface area (Å²) < 4.78 is 32.7. The van der Waals surface area contributed by atoms with Crippen LogP contribution in [0.2, 0.25) is 0 Å². The second-order valence-corrected chi connectivity index (χ2v) is 7.75. The van der Waals surface area contributed by atoms with Crippen molar-refractivity contribution >= 4 is 10.0 Å². The van der Waals surface area contributed by atoms with Gasteiger partial charge in [0.25, 0.3) is 0 Å². The standard InChI is InChI=1S/C18H21NO3S/c1-14-5-3-6-15(13-14)18-7-4-12-19(18)23(20,21)17-10-8-16(22-2)9-11-17/h3,5-6,8-11,13,18H,4,7,12H2,1-2H3. The first-order chi connectivity index (χ1) is 11.0. The van der Waals surface area contributed by atoms with Gasteiger partial charge < -0.3 is 4.74 Å². The summed E-state index contributed by atoms with van der Waals surface area (Å²) in [5.41, 5.74) is 2.22. The molecule has 0 saturated carbocycles. The zero-order chi connectivity index (χ0) is 16.4. The van der Waals surface area contributed by atoms with Crippen LogP contribution in [-0.2, 0) is 10.0 Å². The molecule has 0 aliphatic carbocycles. The van der Waals surface area contributed by atoms with E-state index in [0.29, 0.717) is 17.2 Å². The fourth-order valence-electron chi connectivity index (χ4n) is 3.12. The molecule has 0 amide bonds. The van der Waals surface area contributed by atoms with E-state index in [4.69, 9.17) is 4.74 Å². The first kappa shape index (κ1) is 16.0. The lowest BCUT2D eigenvalue weighted by Crippen LogP contribution is -2.30. The molecule has 5 heteroatoms. The summed E-state index contributed by atoms with van der Waals surface area (Å²) in [6.07, 6.45) is 1.74. The smallest absolute Gasteiger partial charge is 0.243 e. The van der Waals surface area contributed by atoms with E-state index >= 15 is 0 Å². The Bertz CT molecular complexity index is 784. The molecule has 122 valence electrons. The average Bonchev–Trinajstić information content (AvgIpc) is 3.05. The summed E-state index contributed by atoms with van der Waals surface area (Å²) in [7, 11) is -1.93. The van der Waals surface area contributed by atoms with Gasteiger partial charge in [0.15, 0.2) is 0 Å². The van der Waals surface area contributed by atoms with E-state index in [9.17, 15) is 8.42 Å². The monoisotopic (exact) mass is 331 g/mol. The molecule has 2 aromatic carbocycles. The quantitative estimate of drug-likeness (QED) is 0.861. The van der Waals surface area contributed by atoms with Crippen molar-refractivity contribution < 1.29 is 13.2 Å². The molecule has 1 aliphatic rings. The molecule has 1 aliphatic heterocycles. The second-order valence-electron chi connectivity index (χ2n) is 5.86. The largest absolute Gasteiger partial charge is 0.497 e. The summed E-state index contributed by atoms with van der Waals surface area (Å²) in [5.74, 6) is 0.653. The van der Waals surface area contributed by atoms with Gasteiger partial charge in [-0.2, -0.15) is 4.31 Å². The first-order valence-corrected chi connectivity index (χ1v) is 9.19. The number of nitrogens with zero attached hydrogens (tertiary/aromatic N) is 1. The van der Waals surface area contributed by atoms with Gasteiger partial charge in [-0.3, -0.25) is 0 Å². The van der Waals surface area contributed by atoms with E-state index in [-0.39, 0.29) is 6.04 Å². The molecule has 1 atom stereocenters. The van der Waals surface area contributed by atoms with Gasteiger partial charge in [0.05, 0.1) is 18.0 Å². The molecule has 2 aromatic rings. The predicted molar refractivity (Wildman–Crippen MR) is 90.0 cm³/mol. The molecule has 0 aromatic heterocycles. The zero-order valence-corrected chi connectivity index (χ0v) is 14.2. The number of benzene rings is 2. The molecule has 1 saturated heterocycles. The Balaban J connectivity index is 1.94. The number of methoxy groups -OCH3 is 1. The van der Waals surface area contributed by atoms with Gasteiger partial charge >= 0.3 is 0 Å². The molecule has 1 fully saturated rings. The van der Waals surface area contributed by atoms with E-state index in [2.05, 4.69) is 6.07 Å². The van der Waals surface area contributed by atoms with Crippen LogP contribution in [0.15, 0.2) is 53.4 Å². The van der Waals surface area contributed by atoms with Crippen LogP contribution in [0.5, 0.6) is 5.75 Å². The summed E-state index contributed by atoms with van der Waals surface area (Å²) >= 11 is 0. The maximum Gasteiger partial charge on any atom is 0.243 e. The Morgan fingerprint density at radius 3 is 2.52 bits per heavy atom. The zero-order valence-electron chi connectivity index (χ0n) is 13.4. The maximum atomic E-state index is 13.0. The average molecular weight is 331 g/mol. The molecular weight excluding hydrogens is 310 g/mol. The number of rotatable bonds is 4. The molecule has 3 rings (SSSR count). The normalized spacial score (nSPS) is 19.0. The highest BCUT2D eigenvalue weighted by Gasteiger charge is 2.36. The Morgan fingerprint density at radius 1 is 1.13 bits per heavy atom. The summed E-state index contributed by atoms with van der Waals surface area (Å²) in [6, 6.07) is 14.6. The minimum atomic E-state index is -3.50. The van der Waals surface area contributed by atoms with Crippen LogP contribution in [-0.4, -0.2) is 26.4 Å². The van der Waals surface area contributed by atoms with E-state index in [0.717, 1.165) is 24.0 Å². The first-order valence-electron chi connectivity index (χ1n) is 7.75. The van der Waals surface area contributed by atoms with Crippen molar-refractivity contribution in [2.24, 2.45) is 0 Å².